The van der Waals surface area contributed by atoms with Gasteiger partial charge in [-0.05, 0) is 18.9 Å². The van der Waals surface area contributed by atoms with Gasteiger partial charge in [0.25, 0.3) is 5.91 Å². The molecule has 22 heavy (non-hydrogen) atoms. The van der Waals surface area contributed by atoms with E-state index >= 15 is 0 Å². The Morgan fingerprint density at radius 1 is 1.23 bits per heavy atom. The van der Waals surface area contributed by atoms with Crippen molar-refractivity contribution in [3.8, 4) is 0 Å². The third kappa shape index (κ3) is 4.90. The van der Waals surface area contributed by atoms with Crippen LogP contribution in [0.4, 0.5) is 0 Å². The number of carbonyl (C=O) groups is 2. The molecule has 1 aromatic heterocycles. The van der Waals surface area contributed by atoms with E-state index < -0.39 is 0 Å². The van der Waals surface area contributed by atoms with E-state index in [1.165, 1.54) is 44.6 Å². The molecule has 0 radical (unpaired) electrons. The second-order valence-electron chi connectivity index (χ2n) is 6.02. The van der Waals surface area contributed by atoms with Gasteiger partial charge < -0.3 is 14.6 Å². The first-order chi connectivity index (χ1) is 10.7. The molecule has 1 aliphatic carbocycles. The third-order valence-electron chi connectivity index (χ3n) is 4.42. The number of nitrogens with one attached hydrogen (secondary N) is 1. The number of furan rings is 1. The normalized spacial score (nSPS) is 16.6. The van der Waals surface area contributed by atoms with E-state index in [1.807, 2.05) is 11.9 Å². The Bertz CT molecular complexity index is 462. The summed E-state index contributed by atoms with van der Waals surface area (Å²) in [5.74, 6) is -0.0896. The molecule has 0 aromatic carbocycles. The highest BCUT2D eigenvalue weighted by Crippen LogP contribution is 2.20. The van der Waals surface area contributed by atoms with Gasteiger partial charge in [-0.1, -0.05) is 32.1 Å². The molecule has 0 spiro atoms. The van der Waals surface area contributed by atoms with Gasteiger partial charge in [0.1, 0.15) is 6.26 Å². The zero-order valence-corrected chi connectivity index (χ0v) is 13.3. The molecule has 1 fully saturated rings. The van der Waals surface area contributed by atoms with Crippen LogP contribution in [0.5, 0.6) is 0 Å². The average molecular weight is 306 g/mol. The molecule has 1 aromatic rings. The minimum Gasteiger partial charge on any atom is -0.472 e. The highest BCUT2D eigenvalue weighted by Gasteiger charge is 2.20. The van der Waals surface area contributed by atoms with E-state index in [0.717, 1.165) is 12.8 Å². The lowest BCUT2D eigenvalue weighted by atomic mass is 9.95. The molecule has 0 aliphatic heterocycles. The van der Waals surface area contributed by atoms with Crippen LogP contribution in [0.3, 0.4) is 0 Å². The van der Waals surface area contributed by atoms with Crippen molar-refractivity contribution in [2.75, 3.05) is 13.6 Å². The first-order valence-corrected chi connectivity index (χ1v) is 8.24. The van der Waals surface area contributed by atoms with Gasteiger partial charge in [0.05, 0.1) is 11.8 Å². The Hall–Kier alpha value is -1.78. The van der Waals surface area contributed by atoms with Gasteiger partial charge in [0, 0.05) is 26.1 Å². The van der Waals surface area contributed by atoms with Crippen molar-refractivity contribution in [2.45, 2.75) is 57.4 Å². The molecule has 5 nitrogen and oxygen atoms in total. The number of hydrogen-bond donors (Lipinski definition) is 1. The van der Waals surface area contributed by atoms with E-state index in [-0.39, 0.29) is 11.8 Å². The molecule has 122 valence electrons. The maximum absolute atomic E-state index is 12.3. The van der Waals surface area contributed by atoms with Crippen molar-refractivity contribution in [3.63, 3.8) is 0 Å². The van der Waals surface area contributed by atoms with Crippen LogP contribution in [0.25, 0.3) is 0 Å². The fourth-order valence-corrected chi connectivity index (χ4v) is 2.98. The number of rotatable bonds is 5. The highest BCUT2D eigenvalue weighted by atomic mass is 16.3. The zero-order chi connectivity index (χ0) is 15.8. The Morgan fingerprint density at radius 3 is 2.55 bits per heavy atom. The summed E-state index contributed by atoms with van der Waals surface area (Å²) in [5.41, 5.74) is 0.487. The molecule has 1 heterocycles. The Balaban J connectivity index is 1.72. The molecule has 0 unspecified atom stereocenters. The maximum atomic E-state index is 12.3. The Morgan fingerprint density at radius 2 is 1.91 bits per heavy atom. The second kappa shape index (κ2) is 8.61. The smallest absolute Gasteiger partial charge is 0.254 e. The van der Waals surface area contributed by atoms with E-state index in [2.05, 4.69) is 5.32 Å². The van der Waals surface area contributed by atoms with Crippen LogP contribution in [0, 0.1) is 0 Å². The van der Waals surface area contributed by atoms with E-state index in [0.29, 0.717) is 24.6 Å². The SMILES string of the molecule is CN(C(=O)CCNC(=O)c1ccoc1)C1CCCCCCC1. The van der Waals surface area contributed by atoms with E-state index in [4.69, 9.17) is 4.42 Å². The largest absolute Gasteiger partial charge is 0.472 e. The van der Waals surface area contributed by atoms with Gasteiger partial charge >= 0.3 is 0 Å². The first kappa shape index (κ1) is 16.6. The molecule has 0 bridgehead atoms. The van der Waals surface area contributed by atoms with Crippen LogP contribution in [0.1, 0.15) is 61.7 Å². The summed E-state index contributed by atoms with van der Waals surface area (Å²) < 4.78 is 4.87. The van der Waals surface area contributed by atoms with Gasteiger partial charge in [-0.25, -0.2) is 0 Å². The molecular weight excluding hydrogens is 280 g/mol. The van der Waals surface area contributed by atoms with Crippen LogP contribution in [-0.2, 0) is 4.79 Å². The number of nitrogens with zero attached hydrogens (tertiary/aromatic N) is 1. The van der Waals surface area contributed by atoms with Crippen LogP contribution in [-0.4, -0.2) is 36.3 Å². The summed E-state index contributed by atoms with van der Waals surface area (Å²) in [5, 5.41) is 2.75. The fourth-order valence-electron chi connectivity index (χ4n) is 2.98. The summed E-state index contributed by atoms with van der Waals surface area (Å²) in [6.07, 6.45) is 11.7. The molecule has 2 rings (SSSR count). The van der Waals surface area contributed by atoms with Gasteiger partial charge in [-0.15, -0.1) is 0 Å². The lowest BCUT2D eigenvalue weighted by Crippen LogP contribution is -2.39. The van der Waals surface area contributed by atoms with Gasteiger partial charge in [0.15, 0.2) is 0 Å². The van der Waals surface area contributed by atoms with Crippen molar-refractivity contribution in [1.29, 1.82) is 0 Å². The summed E-state index contributed by atoms with van der Waals surface area (Å²) in [4.78, 5) is 25.9. The molecule has 5 heteroatoms. The number of carbonyl (C=O) groups excluding carboxylic acids is 2. The second-order valence-corrected chi connectivity index (χ2v) is 6.02. The molecule has 0 saturated heterocycles. The van der Waals surface area contributed by atoms with E-state index in [9.17, 15) is 9.59 Å². The van der Waals surface area contributed by atoms with Crippen LogP contribution in [0.15, 0.2) is 23.0 Å². The molecule has 1 N–H and O–H groups in total. The van der Waals surface area contributed by atoms with Gasteiger partial charge in [-0.2, -0.15) is 0 Å². The summed E-state index contributed by atoms with van der Waals surface area (Å²) in [6.45, 7) is 0.361. The van der Waals surface area contributed by atoms with Crippen molar-refractivity contribution < 1.29 is 14.0 Å². The standard InChI is InChI=1S/C17H26N2O3/c1-19(15-7-5-3-2-4-6-8-15)16(20)9-11-18-17(21)14-10-12-22-13-14/h10,12-13,15H,2-9,11H2,1H3,(H,18,21). The van der Waals surface area contributed by atoms with Crippen LogP contribution in [0.2, 0.25) is 0 Å². The van der Waals surface area contributed by atoms with E-state index in [1.54, 1.807) is 6.07 Å². The van der Waals surface area contributed by atoms with Crippen molar-refractivity contribution in [1.82, 2.24) is 10.2 Å². The average Bonchev–Trinajstić information content (AvgIpc) is 3.00. The molecule has 2 amide bonds. The maximum Gasteiger partial charge on any atom is 0.254 e. The third-order valence-corrected chi connectivity index (χ3v) is 4.42. The molecule has 0 atom stereocenters. The molecule has 1 aliphatic rings. The van der Waals surface area contributed by atoms with Gasteiger partial charge in [0.2, 0.25) is 5.91 Å². The topological polar surface area (TPSA) is 62.6 Å². The number of amides is 2. The van der Waals surface area contributed by atoms with Crippen molar-refractivity contribution in [2.24, 2.45) is 0 Å². The summed E-state index contributed by atoms with van der Waals surface area (Å²) in [7, 11) is 1.90. The Labute approximate surface area is 132 Å². The molecule has 1 saturated carbocycles. The highest BCUT2D eigenvalue weighted by molar-refractivity contribution is 5.94. The zero-order valence-electron chi connectivity index (χ0n) is 13.3. The lowest BCUT2D eigenvalue weighted by molar-refractivity contribution is -0.132. The minimum atomic E-state index is -0.199. The van der Waals surface area contributed by atoms with Crippen molar-refractivity contribution >= 4 is 11.8 Å². The molecular formula is C17H26N2O3. The fraction of sp³-hybridized carbons (Fsp3) is 0.647. The lowest BCUT2D eigenvalue weighted by Gasteiger charge is -2.30. The van der Waals surface area contributed by atoms with Crippen LogP contribution >= 0.6 is 0 Å². The monoisotopic (exact) mass is 306 g/mol. The van der Waals surface area contributed by atoms with Gasteiger partial charge in [-0.3, -0.25) is 9.59 Å². The Kier molecular flexibility index (Phi) is 6.49. The van der Waals surface area contributed by atoms with Crippen LogP contribution < -0.4 is 5.32 Å². The summed E-state index contributed by atoms with van der Waals surface area (Å²) >= 11 is 0. The summed E-state index contributed by atoms with van der Waals surface area (Å²) in [6, 6.07) is 1.97. The predicted octanol–water partition coefficient (Wildman–Crippen LogP) is 2.97. The number of hydrogen-bond acceptors (Lipinski definition) is 3. The minimum absolute atomic E-state index is 0.109. The first-order valence-electron chi connectivity index (χ1n) is 8.24. The van der Waals surface area contributed by atoms with Crippen molar-refractivity contribution in [3.05, 3.63) is 24.2 Å². The quantitative estimate of drug-likeness (QED) is 0.909. The predicted molar refractivity (Wildman–Crippen MR) is 84.5 cm³/mol.